The molecule has 0 unspecified atom stereocenters. The van der Waals surface area contributed by atoms with Crippen LogP contribution < -0.4 is 5.32 Å². The van der Waals surface area contributed by atoms with Crippen molar-refractivity contribution < 1.29 is 4.79 Å². The second kappa shape index (κ2) is 6.92. The maximum atomic E-state index is 13.5. The molecule has 1 saturated heterocycles. The van der Waals surface area contributed by atoms with Crippen LogP contribution in [0.4, 0.5) is 0 Å². The van der Waals surface area contributed by atoms with Gasteiger partial charge in [-0.15, -0.1) is 0 Å². The first-order valence-corrected chi connectivity index (χ1v) is 11.3. The number of likely N-dealkylation sites (N-methyl/N-ethyl adjacent to an activating group) is 1. The number of fused-ring (bicyclic) bond motifs is 1. The Morgan fingerprint density at radius 2 is 1.81 bits per heavy atom. The van der Waals surface area contributed by atoms with Crippen molar-refractivity contribution >= 4 is 17.5 Å². The Balaban J connectivity index is 1.63. The molecule has 1 saturated carbocycles. The summed E-state index contributed by atoms with van der Waals surface area (Å²) in [6.07, 6.45) is 6.47. The van der Waals surface area contributed by atoms with Gasteiger partial charge in [0, 0.05) is 31.1 Å². The summed E-state index contributed by atoms with van der Waals surface area (Å²) >= 11 is 0. The molecule has 1 aliphatic heterocycles. The first-order valence-electron chi connectivity index (χ1n) is 11.3. The second-order valence-corrected chi connectivity index (χ2v) is 10.5. The summed E-state index contributed by atoms with van der Waals surface area (Å²) in [5, 5.41) is 11.8. The van der Waals surface area contributed by atoms with Gasteiger partial charge in [-0.2, -0.15) is 0 Å². The van der Waals surface area contributed by atoms with Gasteiger partial charge in [-0.3, -0.25) is 15.1 Å². The normalized spacial score (nSPS) is 24.2. The van der Waals surface area contributed by atoms with Crippen molar-refractivity contribution in [2.75, 3.05) is 7.05 Å². The molecule has 3 heterocycles. The number of nitrogens with zero attached hydrogens (tertiary/aromatic N) is 3. The number of imidazole rings is 1. The van der Waals surface area contributed by atoms with Crippen molar-refractivity contribution in [1.82, 2.24) is 19.6 Å². The number of benzene rings is 1. The summed E-state index contributed by atoms with van der Waals surface area (Å²) in [4.78, 5) is 19.5. The summed E-state index contributed by atoms with van der Waals surface area (Å²) in [6, 6.07) is 12.4. The number of guanidine groups is 1. The van der Waals surface area contributed by atoms with Gasteiger partial charge < -0.3 is 9.72 Å². The maximum Gasteiger partial charge on any atom is 0.239 e. The predicted octanol–water partition coefficient (Wildman–Crippen LogP) is 4.50. The molecule has 1 aromatic carbocycles. The summed E-state index contributed by atoms with van der Waals surface area (Å²) in [7, 11) is 1.66. The smallest absolute Gasteiger partial charge is 0.239 e. The molecular formula is C26H31N5O. The number of hydrogen-bond acceptors (Lipinski definition) is 3. The second-order valence-electron chi connectivity index (χ2n) is 10.5. The van der Waals surface area contributed by atoms with E-state index in [2.05, 4.69) is 65.9 Å². The lowest BCUT2D eigenvalue weighted by Crippen LogP contribution is -2.62. The van der Waals surface area contributed by atoms with Gasteiger partial charge in [0.2, 0.25) is 5.91 Å². The van der Waals surface area contributed by atoms with Crippen molar-refractivity contribution in [3.05, 3.63) is 71.2 Å². The zero-order chi connectivity index (χ0) is 22.8. The van der Waals surface area contributed by atoms with Gasteiger partial charge >= 0.3 is 0 Å². The zero-order valence-corrected chi connectivity index (χ0v) is 19.4. The van der Waals surface area contributed by atoms with Crippen molar-refractivity contribution in [3.8, 4) is 0 Å². The summed E-state index contributed by atoms with van der Waals surface area (Å²) in [6.45, 7) is 8.59. The molecule has 2 fully saturated rings. The third kappa shape index (κ3) is 3.20. The Morgan fingerprint density at radius 3 is 2.44 bits per heavy atom. The lowest BCUT2D eigenvalue weighted by atomic mass is 9.73. The third-order valence-electron chi connectivity index (χ3n) is 7.11. The minimum absolute atomic E-state index is 0.0429. The number of carbonyl (C=O) groups excluding carboxylic acids is 1. The average Bonchev–Trinajstić information content (AvgIpc) is 3.50. The quantitative estimate of drug-likeness (QED) is 0.644. The molecule has 2 aliphatic rings. The summed E-state index contributed by atoms with van der Waals surface area (Å²) in [5.41, 5.74) is 4.58. The van der Waals surface area contributed by atoms with Crippen LogP contribution in [0, 0.1) is 5.41 Å². The third-order valence-corrected chi connectivity index (χ3v) is 7.11. The van der Waals surface area contributed by atoms with Crippen LogP contribution in [0.2, 0.25) is 0 Å². The van der Waals surface area contributed by atoms with E-state index in [4.69, 9.17) is 5.41 Å². The number of nitrogens with one attached hydrogen (secondary N) is 2. The monoisotopic (exact) mass is 429 g/mol. The lowest BCUT2D eigenvalue weighted by molar-refractivity contribution is -0.131. The van der Waals surface area contributed by atoms with E-state index in [-0.39, 0.29) is 17.3 Å². The van der Waals surface area contributed by atoms with Crippen LogP contribution in [0.3, 0.4) is 0 Å². The minimum atomic E-state index is -0.761. The SMILES string of the molecule is CN1C(=N)N[C@](C)(c2ccc3ncc(C4CC4)n3c2)[C@@H](c2ccc(C(C)(C)C)cc2)C1=O. The van der Waals surface area contributed by atoms with Crippen LogP contribution in [-0.4, -0.2) is 33.2 Å². The standard InChI is InChI=1S/C26H31N5O/c1-25(2,3)18-10-8-17(9-11-18)22-23(32)30(5)24(27)29-26(22,4)19-12-13-21-28-14-20(16-6-7-16)31(21)15-19/h8-16,22H,6-7H2,1-5H3,(H2,27,29)/t22-,26+/m0/s1. The molecule has 1 aliphatic carbocycles. The molecule has 0 spiro atoms. The number of carbonyl (C=O) groups is 1. The predicted molar refractivity (Wildman–Crippen MR) is 126 cm³/mol. The first-order chi connectivity index (χ1) is 15.1. The van der Waals surface area contributed by atoms with Gasteiger partial charge in [-0.05, 0) is 47.9 Å². The van der Waals surface area contributed by atoms with Crippen LogP contribution in [0.5, 0.6) is 0 Å². The number of rotatable bonds is 3. The molecule has 166 valence electrons. The Morgan fingerprint density at radius 1 is 1.12 bits per heavy atom. The molecule has 5 rings (SSSR count). The fraction of sp³-hybridized carbons (Fsp3) is 0.423. The van der Waals surface area contributed by atoms with E-state index in [9.17, 15) is 4.79 Å². The zero-order valence-electron chi connectivity index (χ0n) is 19.4. The fourth-order valence-electron chi connectivity index (χ4n) is 4.83. The van der Waals surface area contributed by atoms with E-state index in [1.807, 2.05) is 25.3 Å². The maximum absolute atomic E-state index is 13.5. The highest BCUT2D eigenvalue weighted by Gasteiger charge is 2.48. The molecule has 2 atom stereocenters. The van der Waals surface area contributed by atoms with Crippen molar-refractivity contribution in [2.45, 2.75) is 63.3 Å². The number of hydrogen-bond donors (Lipinski definition) is 2. The molecule has 0 radical (unpaired) electrons. The van der Waals surface area contributed by atoms with E-state index in [1.54, 1.807) is 7.05 Å². The van der Waals surface area contributed by atoms with E-state index >= 15 is 0 Å². The topological polar surface area (TPSA) is 73.5 Å². The molecule has 6 nitrogen and oxygen atoms in total. The van der Waals surface area contributed by atoms with E-state index in [1.165, 1.54) is 29.0 Å². The molecule has 1 amide bonds. The summed E-state index contributed by atoms with van der Waals surface area (Å²) < 4.78 is 2.16. The van der Waals surface area contributed by atoms with Crippen molar-refractivity contribution in [3.63, 3.8) is 0 Å². The highest BCUT2D eigenvalue weighted by atomic mass is 16.2. The minimum Gasteiger partial charge on any atom is -0.346 e. The van der Waals surface area contributed by atoms with Crippen LogP contribution >= 0.6 is 0 Å². The van der Waals surface area contributed by atoms with E-state index in [0.29, 0.717) is 5.92 Å². The molecule has 2 N–H and O–H groups in total. The molecule has 0 bridgehead atoms. The van der Waals surface area contributed by atoms with Gasteiger partial charge in [-0.25, -0.2) is 4.98 Å². The Kier molecular flexibility index (Phi) is 4.49. The largest absolute Gasteiger partial charge is 0.346 e. The van der Waals surface area contributed by atoms with Crippen LogP contribution in [0.1, 0.15) is 74.8 Å². The molecular weight excluding hydrogens is 398 g/mol. The first kappa shape index (κ1) is 20.7. The Hall–Kier alpha value is -3.15. The molecule has 6 heteroatoms. The van der Waals surface area contributed by atoms with Gasteiger partial charge in [0.25, 0.3) is 0 Å². The Labute approximate surface area is 189 Å². The fourth-order valence-corrected chi connectivity index (χ4v) is 4.83. The van der Waals surface area contributed by atoms with Crippen LogP contribution in [-0.2, 0) is 15.7 Å². The Bertz CT molecular complexity index is 1220. The molecule has 3 aromatic rings. The van der Waals surface area contributed by atoms with Crippen LogP contribution in [0.25, 0.3) is 5.65 Å². The number of amides is 1. The van der Waals surface area contributed by atoms with E-state index < -0.39 is 11.5 Å². The number of aromatic nitrogens is 2. The molecule has 32 heavy (non-hydrogen) atoms. The average molecular weight is 430 g/mol. The lowest BCUT2D eigenvalue weighted by Gasteiger charge is -2.46. The summed E-state index contributed by atoms with van der Waals surface area (Å²) in [5.74, 6) is 0.154. The van der Waals surface area contributed by atoms with Crippen molar-refractivity contribution in [2.24, 2.45) is 0 Å². The van der Waals surface area contributed by atoms with Gasteiger partial charge in [0.1, 0.15) is 5.65 Å². The van der Waals surface area contributed by atoms with Crippen LogP contribution in [0.15, 0.2) is 48.8 Å². The number of pyridine rings is 1. The van der Waals surface area contributed by atoms with Gasteiger partial charge in [-0.1, -0.05) is 51.1 Å². The van der Waals surface area contributed by atoms with Gasteiger partial charge in [0.05, 0.1) is 11.5 Å². The highest BCUT2D eigenvalue weighted by molar-refractivity contribution is 6.02. The molecule has 2 aromatic heterocycles. The highest BCUT2D eigenvalue weighted by Crippen LogP contribution is 2.43. The van der Waals surface area contributed by atoms with Crippen molar-refractivity contribution in [1.29, 1.82) is 5.41 Å². The van der Waals surface area contributed by atoms with Gasteiger partial charge in [0.15, 0.2) is 5.96 Å². The van der Waals surface area contributed by atoms with E-state index in [0.717, 1.165) is 16.8 Å².